The first kappa shape index (κ1) is 57.6. The van der Waals surface area contributed by atoms with Crippen molar-refractivity contribution in [3.8, 4) is 0 Å². The fraction of sp³-hybridized carbons (Fsp3) is 0.915. The van der Waals surface area contributed by atoms with Gasteiger partial charge >= 0.3 is 19.8 Å². The Balaban J connectivity index is 2.42. The molecule has 0 spiro atoms. The van der Waals surface area contributed by atoms with Gasteiger partial charge in [0.2, 0.25) is 0 Å². The molecule has 1 fully saturated rings. The molecule has 0 amide bonds. The highest BCUT2D eigenvalue weighted by atomic mass is 31.2. The van der Waals surface area contributed by atoms with E-state index in [4.69, 9.17) is 18.5 Å². The molecular weight excluding hydrogens is 803 g/mol. The van der Waals surface area contributed by atoms with Crippen LogP contribution in [0, 0.1) is 0 Å². The zero-order chi connectivity index (χ0) is 45.0. The zero-order valence-corrected chi connectivity index (χ0v) is 39.1. The SMILES string of the molecule is CCCC/C=C/CCCCCCCCCCCC(=O)OC[C@H](COP(=O)(O)OC1C(O)C(O)C(O)[C@H](O)C1O)OC(=O)CCCCCCCCCCCCCCCCCCC. The van der Waals surface area contributed by atoms with Gasteiger partial charge in [-0.1, -0.05) is 187 Å². The van der Waals surface area contributed by atoms with Crippen LogP contribution in [-0.2, 0) is 32.7 Å². The summed E-state index contributed by atoms with van der Waals surface area (Å²) in [6.45, 7) is 3.30. The minimum Gasteiger partial charge on any atom is -0.462 e. The van der Waals surface area contributed by atoms with Gasteiger partial charge < -0.3 is 39.9 Å². The van der Waals surface area contributed by atoms with Gasteiger partial charge in [0.25, 0.3) is 0 Å². The predicted octanol–water partition coefficient (Wildman–Crippen LogP) is 9.84. The number of allylic oxidation sites excluding steroid dienone is 2. The van der Waals surface area contributed by atoms with Crippen LogP contribution in [0.25, 0.3) is 0 Å². The van der Waals surface area contributed by atoms with Crippen LogP contribution in [0.5, 0.6) is 0 Å². The molecule has 1 aliphatic carbocycles. The van der Waals surface area contributed by atoms with Gasteiger partial charge in [-0.15, -0.1) is 0 Å². The summed E-state index contributed by atoms with van der Waals surface area (Å²) in [5.41, 5.74) is 0. The number of aliphatic hydroxyl groups is 5. The molecule has 1 aliphatic rings. The maximum atomic E-state index is 12.8. The van der Waals surface area contributed by atoms with E-state index in [1.54, 1.807) is 0 Å². The zero-order valence-electron chi connectivity index (χ0n) is 38.2. The molecule has 6 unspecified atom stereocenters. The summed E-state index contributed by atoms with van der Waals surface area (Å²) in [5, 5.41) is 50.2. The molecule has 0 saturated heterocycles. The van der Waals surface area contributed by atoms with E-state index in [0.717, 1.165) is 44.9 Å². The average molecular weight is 893 g/mol. The van der Waals surface area contributed by atoms with Crippen LogP contribution in [-0.4, -0.2) is 98.3 Å². The van der Waals surface area contributed by atoms with Gasteiger partial charge in [0.05, 0.1) is 6.61 Å². The number of carbonyl (C=O) groups is 2. The average Bonchev–Trinajstić information content (AvgIpc) is 3.24. The van der Waals surface area contributed by atoms with E-state index < -0.39 is 75.7 Å². The highest BCUT2D eigenvalue weighted by Gasteiger charge is 2.51. The molecule has 13 nitrogen and oxygen atoms in total. The van der Waals surface area contributed by atoms with Crippen molar-refractivity contribution in [2.45, 2.75) is 262 Å². The molecule has 14 heteroatoms. The lowest BCUT2D eigenvalue weighted by atomic mass is 9.85. The van der Waals surface area contributed by atoms with Gasteiger partial charge in [0.1, 0.15) is 43.2 Å². The van der Waals surface area contributed by atoms with Crippen LogP contribution in [0.2, 0.25) is 0 Å². The number of phosphoric acid groups is 1. The molecule has 0 aromatic heterocycles. The molecule has 0 bridgehead atoms. The van der Waals surface area contributed by atoms with Crippen molar-refractivity contribution in [1.29, 1.82) is 0 Å². The molecule has 360 valence electrons. The number of hydrogen-bond donors (Lipinski definition) is 6. The lowest BCUT2D eigenvalue weighted by Gasteiger charge is -2.41. The molecular formula is C47H89O13P. The molecule has 0 aliphatic heterocycles. The molecule has 0 heterocycles. The quantitative estimate of drug-likeness (QED) is 0.0146. The number of unbranched alkanes of at least 4 members (excludes halogenated alkanes) is 27. The Morgan fingerprint density at radius 3 is 1.30 bits per heavy atom. The van der Waals surface area contributed by atoms with Crippen molar-refractivity contribution in [3.05, 3.63) is 12.2 Å². The van der Waals surface area contributed by atoms with Gasteiger partial charge in [-0.25, -0.2) is 4.57 Å². The predicted molar refractivity (Wildman–Crippen MR) is 240 cm³/mol. The Hall–Kier alpha value is -1.41. The fourth-order valence-corrected chi connectivity index (χ4v) is 8.60. The van der Waals surface area contributed by atoms with E-state index >= 15 is 0 Å². The second kappa shape index (κ2) is 37.9. The van der Waals surface area contributed by atoms with Gasteiger partial charge in [0.15, 0.2) is 6.10 Å². The Morgan fingerprint density at radius 1 is 0.492 bits per heavy atom. The lowest BCUT2D eigenvalue weighted by Crippen LogP contribution is -2.64. The fourth-order valence-electron chi connectivity index (χ4n) is 7.62. The van der Waals surface area contributed by atoms with Crippen LogP contribution in [0.3, 0.4) is 0 Å². The molecule has 1 rings (SSSR count). The summed E-state index contributed by atoms with van der Waals surface area (Å²) in [6.07, 6.45) is 26.9. The van der Waals surface area contributed by atoms with E-state index in [9.17, 15) is 44.6 Å². The van der Waals surface area contributed by atoms with E-state index in [-0.39, 0.29) is 12.8 Å². The summed E-state index contributed by atoms with van der Waals surface area (Å²) >= 11 is 0. The monoisotopic (exact) mass is 893 g/mol. The van der Waals surface area contributed by atoms with Crippen LogP contribution < -0.4 is 0 Å². The Labute approximate surface area is 369 Å². The summed E-state index contributed by atoms with van der Waals surface area (Å²) in [5.74, 6) is -1.09. The lowest BCUT2D eigenvalue weighted by molar-refractivity contribution is -0.220. The number of esters is 2. The van der Waals surface area contributed by atoms with E-state index in [0.29, 0.717) is 12.8 Å². The molecule has 8 atom stereocenters. The van der Waals surface area contributed by atoms with Crippen molar-refractivity contribution >= 4 is 19.8 Å². The van der Waals surface area contributed by atoms with Crippen LogP contribution in [0.1, 0.15) is 219 Å². The second-order valence-electron chi connectivity index (χ2n) is 17.3. The minimum atomic E-state index is -5.11. The maximum Gasteiger partial charge on any atom is 0.472 e. The van der Waals surface area contributed by atoms with Crippen molar-refractivity contribution in [2.24, 2.45) is 0 Å². The first-order chi connectivity index (χ1) is 29.4. The standard InChI is InChI=1S/C47H89O13P/c1-3-5-7-9-11-13-15-17-19-20-22-24-26-28-30-32-34-36-41(49)59-39(38-58-61(55,56)60-47-45(53)43(51)42(50)44(52)46(47)54)37-57-40(48)35-33-31-29-27-25-23-21-18-16-14-12-10-8-6-4-2/h10,12,39,42-47,50-54H,3-9,11,13-38H2,1-2H3,(H,55,56)/b12-10+/t39-,42?,43+,44?,45?,46?,47?/m1/s1. The number of carbonyl (C=O) groups excluding carboxylic acids is 2. The van der Waals surface area contributed by atoms with Gasteiger partial charge in [-0.05, 0) is 32.1 Å². The third kappa shape index (κ3) is 30.4. The second-order valence-corrected chi connectivity index (χ2v) is 18.7. The van der Waals surface area contributed by atoms with Crippen LogP contribution >= 0.6 is 7.82 Å². The smallest absolute Gasteiger partial charge is 0.462 e. The van der Waals surface area contributed by atoms with Crippen molar-refractivity contribution in [3.63, 3.8) is 0 Å². The summed E-state index contributed by atoms with van der Waals surface area (Å²) < 4.78 is 33.6. The number of hydrogen-bond acceptors (Lipinski definition) is 12. The molecule has 6 N–H and O–H groups in total. The van der Waals surface area contributed by atoms with Gasteiger partial charge in [-0.2, -0.15) is 0 Å². The van der Waals surface area contributed by atoms with Crippen molar-refractivity contribution in [1.82, 2.24) is 0 Å². The number of ether oxygens (including phenoxy) is 2. The van der Waals surface area contributed by atoms with Crippen molar-refractivity contribution < 1.29 is 63.1 Å². The Kier molecular flexibility index (Phi) is 35.8. The summed E-state index contributed by atoms with van der Waals surface area (Å²) in [6, 6.07) is 0. The molecule has 0 radical (unpaired) electrons. The minimum absolute atomic E-state index is 0.103. The number of aliphatic hydroxyl groups excluding tert-OH is 5. The summed E-state index contributed by atoms with van der Waals surface area (Å²) in [7, 11) is -5.11. The normalized spacial score (nSPS) is 22.0. The molecule has 61 heavy (non-hydrogen) atoms. The summed E-state index contributed by atoms with van der Waals surface area (Å²) in [4.78, 5) is 35.7. The van der Waals surface area contributed by atoms with Gasteiger partial charge in [0, 0.05) is 12.8 Å². The number of phosphoric ester groups is 1. The van der Waals surface area contributed by atoms with Crippen LogP contribution in [0.4, 0.5) is 0 Å². The largest absolute Gasteiger partial charge is 0.472 e. The highest BCUT2D eigenvalue weighted by molar-refractivity contribution is 7.47. The topological polar surface area (TPSA) is 210 Å². The van der Waals surface area contributed by atoms with E-state index in [1.807, 2.05) is 0 Å². The van der Waals surface area contributed by atoms with Crippen LogP contribution in [0.15, 0.2) is 12.2 Å². The maximum absolute atomic E-state index is 12.8. The third-order valence-electron chi connectivity index (χ3n) is 11.6. The van der Waals surface area contributed by atoms with Crippen molar-refractivity contribution in [2.75, 3.05) is 13.2 Å². The molecule has 0 aromatic rings. The van der Waals surface area contributed by atoms with E-state index in [1.165, 1.54) is 135 Å². The first-order valence-corrected chi connectivity index (χ1v) is 26.0. The third-order valence-corrected chi connectivity index (χ3v) is 12.6. The Bertz CT molecular complexity index is 1120. The number of rotatable bonds is 41. The molecule has 0 aromatic carbocycles. The van der Waals surface area contributed by atoms with Gasteiger partial charge in [-0.3, -0.25) is 18.6 Å². The first-order valence-electron chi connectivity index (χ1n) is 24.5. The Morgan fingerprint density at radius 2 is 0.852 bits per heavy atom. The van der Waals surface area contributed by atoms with E-state index in [2.05, 4.69) is 26.0 Å². The highest BCUT2D eigenvalue weighted by Crippen LogP contribution is 2.47. The molecule has 1 saturated carbocycles.